The van der Waals surface area contributed by atoms with Gasteiger partial charge in [-0.1, -0.05) is 11.8 Å². The summed E-state index contributed by atoms with van der Waals surface area (Å²) in [5.74, 6) is 5.80. The fourth-order valence-corrected chi connectivity index (χ4v) is 1.61. The molecule has 0 saturated carbocycles. The zero-order chi connectivity index (χ0) is 13.7. The Kier molecular flexibility index (Phi) is 4.43. The Morgan fingerprint density at radius 3 is 2.95 bits per heavy atom. The zero-order valence-corrected chi connectivity index (χ0v) is 11.1. The number of aryl methyl sites for hydroxylation is 1. The number of hydrogen-bond acceptors (Lipinski definition) is 2. The van der Waals surface area contributed by atoms with Crippen molar-refractivity contribution in [3.8, 4) is 17.6 Å². The lowest BCUT2D eigenvalue weighted by Gasteiger charge is -2.06. The van der Waals surface area contributed by atoms with E-state index in [1.54, 1.807) is 10.7 Å². The van der Waals surface area contributed by atoms with Gasteiger partial charge in [0.15, 0.2) is 0 Å². The average molecular weight is 279 g/mol. The molecular formula is C14H12ClFN2O. The van der Waals surface area contributed by atoms with Crippen molar-refractivity contribution in [2.45, 2.75) is 6.61 Å². The van der Waals surface area contributed by atoms with Gasteiger partial charge in [-0.15, -0.1) is 11.6 Å². The van der Waals surface area contributed by atoms with Gasteiger partial charge in [-0.05, 0) is 18.2 Å². The Morgan fingerprint density at radius 1 is 1.42 bits per heavy atom. The number of halogens is 2. The maximum absolute atomic E-state index is 13.2. The van der Waals surface area contributed by atoms with Crippen molar-refractivity contribution in [3.05, 3.63) is 47.5 Å². The van der Waals surface area contributed by atoms with Gasteiger partial charge in [0.2, 0.25) is 0 Å². The smallest absolute Gasteiger partial charge is 0.138 e. The highest BCUT2D eigenvalue weighted by Gasteiger charge is 2.05. The molecule has 0 saturated heterocycles. The van der Waals surface area contributed by atoms with Gasteiger partial charge in [-0.3, -0.25) is 4.68 Å². The molecule has 0 fully saturated rings. The maximum atomic E-state index is 13.2. The van der Waals surface area contributed by atoms with E-state index in [9.17, 15) is 4.39 Å². The topological polar surface area (TPSA) is 27.1 Å². The molecule has 0 N–H and O–H groups in total. The molecule has 3 nitrogen and oxygen atoms in total. The molecule has 2 aromatic rings. The van der Waals surface area contributed by atoms with Gasteiger partial charge in [-0.25, -0.2) is 4.39 Å². The van der Waals surface area contributed by atoms with Crippen molar-refractivity contribution in [1.29, 1.82) is 0 Å². The van der Waals surface area contributed by atoms with Crippen LogP contribution in [-0.4, -0.2) is 15.7 Å². The van der Waals surface area contributed by atoms with E-state index in [0.29, 0.717) is 11.3 Å². The summed E-state index contributed by atoms with van der Waals surface area (Å²) >= 11 is 5.51. The van der Waals surface area contributed by atoms with Crippen LogP contribution >= 0.6 is 11.6 Å². The van der Waals surface area contributed by atoms with E-state index < -0.39 is 0 Å². The fourth-order valence-electron chi connectivity index (χ4n) is 1.54. The van der Waals surface area contributed by atoms with Crippen molar-refractivity contribution < 1.29 is 9.13 Å². The first-order valence-corrected chi connectivity index (χ1v) is 6.18. The second-order valence-electron chi connectivity index (χ2n) is 3.85. The lowest BCUT2D eigenvalue weighted by atomic mass is 10.2. The van der Waals surface area contributed by atoms with E-state index in [1.807, 2.05) is 19.3 Å². The summed E-state index contributed by atoms with van der Waals surface area (Å²) < 4.78 is 20.5. The van der Waals surface area contributed by atoms with E-state index in [4.69, 9.17) is 16.3 Å². The van der Waals surface area contributed by atoms with Gasteiger partial charge < -0.3 is 4.74 Å². The molecular weight excluding hydrogens is 267 g/mol. The zero-order valence-electron chi connectivity index (χ0n) is 10.4. The first-order valence-electron chi connectivity index (χ1n) is 5.65. The minimum atomic E-state index is -0.368. The predicted octanol–water partition coefficient (Wildman–Crippen LogP) is 2.73. The van der Waals surface area contributed by atoms with Crippen molar-refractivity contribution in [3.63, 3.8) is 0 Å². The molecule has 98 valence electrons. The van der Waals surface area contributed by atoms with Crippen LogP contribution in [0.5, 0.6) is 5.75 Å². The third-order valence-electron chi connectivity index (χ3n) is 2.38. The third-order valence-corrected chi connectivity index (χ3v) is 2.51. The minimum Gasteiger partial charge on any atom is -0.486 e. The molecule has 1 aromatic carbocycles. The summed E-state index contributed by atoms with van der Waals surface area (Å²) in [6, 6.07) is 6.05. The van der Waals surface area contributed by atoms with Crippen LogP contribution in [-0.2, 0) is 13.7 Å². The second kappa shape index (κ2) is 6.26. The van der Waals surface area contributed by atoms with E-state index in [-0.39, 0.29) is 18.3 Å². The molecule has 0 aliphatic heterocycles. The predicted molar refractivity (Wildman–Crippen MR) is 71.5 cm³/mol. The molecule has 0 atom stereocenters. The molecule has 19 heavy (non-hydrogen) atoms. The molecule has 0 spiro atoms. The molecule has 0 aliphatic carbocycles. The van der Waals surface area contributed by atoms with Gasteiger partial charge in [0.1, 0.15) is 18.2 Å². The molecule has 1 heterocycles. The average Bonchev–Trinajstić information content (AvgIpc) is 2.81. The Bertz CT molecular complexity index is 628. The molecule has 0 radical (unpaired) electrons. The normalized spacial score (nSPS) is 9.84. The number of rotatable bonds is 3. The van der Waals surface area contributed by atoms with Crippen LogP contribution in [0.2, 0.25) is 0 Å². The number of ether oxygens (including phenoxy) is 1. The van der Waals surface area contributed by atoms with Crippen LogP contribution in [0.3, 0.4) is 0 Å². The summed E-state index contributed by atoms with van der Waals surface area (Å²) in [6.07, 6.45) is 1.82. The maximum Gasteiger partial charge on any atom is 0.138 e. The molecule has 0 bridgehead atoms. The Labute approximate surface area is 116 Å². The van der Waals surface area contributed by atoms with E-state index in [0.717, 1.165) is 5.69 Å². The Hall–Kier alpha value is -1.99. The summed E-state index contributed by atoms with van der Waals surface area (Å²) in [6.45, 7) is 0.264. The SMILES string of the molecule is Cn1ccc(COc2cc(F)ccc2C#CCCl)n1. The van der Waals surface area contributed by atoms with Crippen LogP contribution in [0.4, 0.5) is 4.39 Å². The van der Waals surface area contributed by atoms with Crippen molar-refractivity contribution in [2.24, 2.45) is 7.05 Å². The Morgan fingerprint density at radius 2 is 2.26 bits per heavy atom. The minimum absolute atomic E-state index is 0.219. The molecule has 2 rings (SSSR count). The van der Waals surface area contributed by atoms with Gasteiger partial charge in [-0.2, -0.15) is 5.10 Å². The van der Waals surface area contributed by atoms with Crippen molar-refractivity contribution in [1.82, 2.24) is 9.78 Å². The van der Waals surface area contributed by atoms with E-state index in [1.165, 1.54) is 12.1 Å². The van der Waals surface area contributed by atoms with Crippen molar-refractivity contribution >= 4 is 11.6 Å². The van der Waals surface area contributed by atoms with Crippen LogP contribution < -0.4 is 4.74 Å². The molecule has 0 unspecified atom stereocenters. The fraction of sp³-hybridized carbons (Fsp3) is 0.214. The highest BCUT2D eigenvalue weighted by Crippen LogP contribution is 2.20. The van der Waals surface area contributed by atoms with Gasteiger partial charge in [0, 0.05) is 19.3 Å². The number of hydrogen-bond donors (Lipinski definition) is 0. The molecule has 0 aliphatic rings. The highest BCUT2D eigenvalue weighted by molar-refractivity contribution is 6.19. The Balaban J connectivity index is 2.16. The number of nitrogens with zero attached hydrogens (tertiary/aromatic N) is 2. The first-order chi connectivity index (χ1) is 9.19. The lowest BCUT2D eigenvalue weighted by molar-refractivity contribution is 0.297. The van der Waals surface area contributed by atoms with Gasteiger partial charge in [0.25, 0.3) is 0 Å². The monoisotopic (exact) mass is 278 g/mol. The van der Waals surface area contributed by atoms with Crippen LogP contribution in [0.25, 0.3) is 0 Å². The second-order valence-corrected chi connectivity index (χ2v) is 4.11. The van der Waals surface area contributed by atoms with Crippen LogP contribution in [0, 0.1) is 17.7 Å². The van der Waals surface area contributed by atoms with Crippen LogP contribution in [0.1, 0.15) is 11.3 Å². The summed E-state index contributed by atoms with van der Waals surface area (Å²) in [7, 11) is 1.82. The van der Waals surface area contributed by atoms with Gasteiger partial charge >= 0.3 is 0 Å². The summed E-state index contributed by atoms with van der Waals surface area (Å²) in [4.78, 5) is 0. The first kappa shape index (κ1) is 13.4. The van der Waals surface area contributed by atoms with E-state index >= 15 is 0 Å². The molecule has 0 amide bonds. The lowest BCUT2D eigenvalue weighted by Crippen LogP contribution is -2.00. The largest absolute Gasteiger partial charge is 0.486 e. The van der Waals surface area contributed by atoms with Crippen molar-refractivity contribution in [2.75, 3.05) is 5.88 Å². The molecule has 1 aromatic heterocycles. The molecule has 5 heteroatoms. The number of alkyl halides is 1. The van der Waals surface area contributed by atoms with Gasteiger partial charge in [0.05, 0.1) is 17.1 Å². The standard InChI is InChI=1S/C14H12ClFN2O/c1-18-8-6-13(17-18)10-19-14-9-12(16)5-4-11(14)3-2-7-15/h4-6,8-9H,7,10H2,1H3. The quantitative estimate of drug-likeness (QED) is 0.638. The number of benzene rings is 1. The number of aromatic nitrogens is 2. The summed E-state index contributed by atoms with van der Waals surface area (Å²) in [5.41, 5.74) is 1.38. The highest BCUT2D eigenvalue weighted by atomic mass is 35.5. The third kappa shape index (κ3) is 3.73. The van der Waals surface area contributed by atoms with Crippen LogP contribution in [0.15, 0.2) is 30.5 Å². The summed E-state index contributed by atoms with van der Waals surface area (Å²) in [5, 5.41) is 4.18. The van der Waals surface area contributed by atoms with E-state index in [2.05, 4.69) is 16.9 Å².